The molecule has 0 radical (unpaired) electrons. The SMILES string of the molecule is COC(C1CC1C)C1CC1C. The molecule has 4 unspecified atom stereocenters. The Morgan fingerprint density at radius 2 is 1.45 bits per heavy atom. The summed E-state index contributed by atoms with van der Waals surface area (Å²) in [6.07, 6.45) is 3.41. The Balaban J connectivity index is 1.87. The lowest BCUT2D eigenvalue weighted by Crippen LogP contribution is -2.17. The molecule has 2 saturated carbocycles. The van der Waals surface area contributed by atoms with Crippen LogP contribution in [0.5, 0.6) is 0 Å². The molecule has 4 atom stereocenters. The average molecular weight is 154 g/mol. The molecule has 64 valence electrons. The summed E-state index contributed by atoms with van der Waals surface area (Å²) in [4.78, 5) is 0. The van der Waals surface area contributed by atoms with Gasteiger partial charge in [0, 0.05) is 7.11 Å². The van der Waals surface area contributed by atoms with Gasteiger partial charge in [-0.25, -0.2) is 0 Å². The molecule has 0 aromatic rings. The Kier molecular flexibility index (Phi) is 1.71. The van der Waals surface area contributed by atoms with E-state index in [0.29, 0.717) is 6.10 Å². The summed E-state index contributed by atoms with van der Waals surface area (Å²) in [5.41, 5.74) is 0. The summed E-state index contributed by atoms with van der Waals surface area (Å²) in [6, 6.07) is 0. The summed E-state index contributed by atoms with van der Waals surface area (Å²) in [5.74, 6) is 3.67. The van der Waals surface area contributed by atoms with Crippen molar-refractivity contribution in [3.05, 3.63) is 0 Å². The highest BCUT2D eigenvalue weighted by Crippen LogP contribution is 2.52. The first-order chi connectivity index (χ1) is 5.24. The third-order valence-corrected chi connectivity index (χ3v) is 3.46. The Morgan fingerprint density at radius 3 is 1.64 bits per heavy atom. The van der Waals surface area contributed by atoms with E-state index in [0.717, 1.165) is 23.7 Å². The predicted molar refractivity (Wildman–Crippen MR) is 45.3 cm³/mol. The zero-order valence-corrected chi connectivity index (χ0v) is 7.71. The molecule has 11 heavy (non-hydrogen) atoms. The van der Waals surface area contributed by atoms with Crippen LogP contribution in [-0.2, 0) is 4.74 Å². The molecule has 0 amide bonds. The van der Waals surface area contributed by atoms with E-state index in [1.54, 1.807) is 0 Å². The first-order valence-electron chi connectivity index (χ1n) is 4.76. The Bertz CT molecular complexity index is 139. The molecule has 2 aliphatic rings. The van der Waals surface area contributed by atoms with Crippen LogP contribution in [0.4, 0.5) is 0 Å². The van der Waals surface area contributed by atoms with Crippen molar-refractivity contribution in [2.45, 2.75) is 32.8 Å². The van der Waals surface area contributed by atoms with Crippen LogP contribution in [0.3, 0.4) is 0 Å². The van der Waals surface area contributed by atoms with Crippen molar-refractivity contribution in [3.8, 4) is 0 Å². The molecule has 0 aromatic carbocycles. The summed E-state index contributed by atoms with van der Waals surface area (Å²) < 4.78 is 5.54. The van der Waals surface area contributed by atoms with Crippen molar-refractivity contribution in [3.63, 3.8) is 0 Å². The van der Waals surface area contributed by atoms with Gasteiger partial charge >= 0.3 is 0 Å². The number of hydrogen-bond donors (Lipinski definition) is 0. The van der Waals surface area contributed by atoms with E-state index in [1.165, 1.54) is 12.8 Å². The number of hydrogen-bond acceptors (Lipinski definition) is 1. The maximum atomic E-state index is 5.54. The van der Waals surface area contributed by atoms with Crippen molar-refractivity contribution in [2.24, 2.45) is 23.7 Å². The van der Waals surface area contributed by atoms with Gasteiger partial charge in [-0.05, 0) is 36.5 Å². The van der Waals surface area contributed by atoms with E-state index in [9.17, 15) is 0 Å². The predicted octanol–water partition coefficient (Wildman–Crippen LogP) is 2.31. The summed E-state index contributed by atoms with van der Waals surface area (Å²) in [7, 11) is 1.88. The van der Waals surface area contributed by atoms with Crippen LogP contribution in [0.15, 0.2) is 0 Å². The molecule has 0 heterocycles. The Hall–Kier alpha value is -0.0400. The summed E-state index contributed by atoms with van der Waals surface area (Å²) in [6.45, 7) is 4.67. The molecule has 0 aliphatic heterocycles. The molecule has 2 rings (SSSR count). The van der Waals surface area contributed by atoms with E-state index < -0.39 is 0 Å². The first-order valence-corrected chi connectivity index (χ1v) is 4.76. The minimum Gasteiger partial charge on any atom is -0.381 e. The first kappa shape index (κ1) is 7.60. The van der Waals surface area contributed by atoms with Crippen LogP contribution in [-0.4, -0.2) is 13.2 Å². The monoisotopic (exact) mass is 154 g/mol. The lowest BCUT2D eigenvalue weighted by atomic mass is 10.1. The summed E-state index contributed by atoms with van der Waals surface area (Å²) >= 11 is 0. The van der Waals surface area contributed by atoms with Gasteiger partial charge < -0.3 is 4.74 Å². The van der Waals surface area contributed by atoms with E-state index in [4.69, 9.17) is 4.74 Å². The van der Waals surface area contributed by atoms with Gasteiger partial charge in [0.1, 0.15) is 0 Å². The maximum Gasteiger partial charge on any atom is 0.0632 e. The molecular weight excluding hydrogens is 136 g/mol. The number of rotatable bonds is 3. The molecule has 2 aliphatic carbocycles. The van der Waals surface area contributed by atoms with Gasteiger partial charge in [0.2, 0.25) is 0 Å². The van der Waals surface area contributed by atoms with E-state index in [2.05, 4.69) is 13.8 Å². The van der Waals surface area contributed by atoms with Gasteiger partial charge in [-0.1, -0.05) is 13.8 Å². The van der Waals surface area contributed by atoms with Crippen molar-refractivity contribution >= 4 is 0 Å². The minimum absolute atomic E-state index is 0.597. The van der Waals surface area contributed by atoms with Crippen LogP contribution in [0.1, 0.15) is 26.7 Å². The average Bonchev–Trinajstić information content (AvgIpc) is 2.80. The highest BCUT2D eigenvalue weighted by atomic mass is 16.5. The van der Waals surface area contributed by atoms with Gasteiger partial charge in [-0.15, -0.1) is 0 Å². The van der Waals surface area contributed by atoms with Crippen LogP contribution in [0, 0.1) is 23.7 Å². The normalized spacial score (nSPS) is 50.5. The topological polar surface area (TPSA) is 9.23 Å². The van der Waals surface area contributed by atoms with Gasteiger partial charge in [0.15, 0.2) is 0 Å². The lowest BCUT2D eigenvalue weighted by Gasteiger charge is -2.13. The molecule has 1 heteroatoms. The minimum atomic E-state index is 0.597. The molecule has 0 saturated heterocycles. The van der Waals surface area contributed by atoms with Crippen LogP contribution < -0.4 is 0 Å². The Morgan fingerprint density at radius 1 is 1.09 bits per heavy atom. The fraction of sp³-hybridized carbons (Fsp3) is 1.00. The lowest BCUT2D eigenvalue weighted by molar-refractivity contribution is 0.0589. The number of methoxy groups -OCH3 is 1. The van der Waals surface area contributed by atoms with Crippen molar-refractivity contribution in [1.82, 2.24) is 0 Å². The van der Waals surface area contributed by atoms with Gasteiger partial charge in [0.25, 0.3) is 0 Å². The molecule has 0 aromatic heterocycles. The van der Waals surface area contributed by atoms with E-state index in [-0.39, 0.29) is 0 Å². The Labute approximate surface area is 69.1 Å². The molecule has 0 spiro atoms. The largest absolute Gasteiger partial charge is 0.381 e. The van der Waals surface area contributed by atoms with Crippen LogP contribution in [0.2, 0.25) is 0 Å². The van der Waals surface area contributed by atoms with Crippen molar-refractivity contribution in [1.29, 1.82) is 0 Å². The standard InChI is InChI=1S/C10H18O/c1-6-4-8(6)10(11-3)9-5-7(9)2/h6-10H,4-5H2,1-3H3. The van der Waals surface area contributed by atoms with Crippen LogP contribution in [0.25, 0.3) is 0 Å². The van der Waals surface area contributed by atoms with E-state index >= 15 is 0 Å². The second-order valence-corrected chi connectivity index (χ2v) is 4.45. The zero-order valence-electron chi connectivity index (χ0n) is 7.71. The highest BCUT2D eigenvalue weighted by Gasteiger charge is 2.50. The third kappa shape index (κ3) is 1.31. The number of ether oxygens (including phenoxy) is 1. The molecular formula is C10H18O. The fourth-order valence-corrected chi connectivity index (χ4v) is 2.28. The van der Waals surface area contributed by atoms with E-state index in [1.807, 2.05) is 7.11 Å². The molecule has 1 nitrogen and oxygen atoms in total. The molecule has 2 fully saturated rings. The molecule has 0 bridgehead atoms. The summed E-state index contributed by atoms with van der Waals surface area (Å²) in [5, 5.41) is 0. The molecule has 0 N–H and O–H groups in total. The van der Waals surface area contributed by atoms with Gasteiger partial charge in [-0.2, -0.15) is 0 Å². The second-order valence-electron chi connectivity index (χ2n) is 4.45. The van der Waals surface area contributed by atoms with Crippen molar-refractivity contribution in [2.75, 3.05) is 7.11 Å². The smallest absolute Gasteiger partial charge is 0.0632 e. The third-order valence-electron chi connectivity index (χ3n) is 3.46. The quantitative estimate of drug-likeness (QED) is 0.606. The van der Waals surface area contributed by atoms with Gasteiger partial charge in [-0.3, -0.25) is 0 Å². The van der Waals surface area contributed by atoms with Gasteiger partial charge in [0.05, 0.1) is 6.10 Å². The highest BCUT2D eigenvalue weighted by molar-refractivity contribution is 4.99. The second kappa shape index (κ2) is 2.48. The maximum absolute atomic E-state index is 5.54. The fourth-order valence-electron chi connectivity index (χ4n) is 2.28. The van der Waals surface area contributed by atoms with Crippen LogP contribution >= 0.6 is 0 Å². The zero-order chi connectivity index (χ0) is 8.01. The van der Waals surface area contributed by atoms with Crippen molar-refractivity contribution < 1.29 is 4.74 Å².